The number of quaternary nitrogens is 1. The lowest BCUT2D eigenvalue weighted by molar-refractivity contribution is -0.715. The first-order valence-corrected chi connectivity index (χ1v) is 10.5. The van der Waals surface area contributed by atoms with Gasteiger partial charge in [-0.2, -0.15) is 0 Å². The fourth-order valence-corrected chi connectivity index (χ4v) is 5.90. The number of nitrogens with one attached hydrogen (secondary N) is 2. The van der Waals surface area contributed by atoms with Crippen LogP contribution in [0, 0.1) is 6.92 Å². The van der Waals surface area contributed by atoms with Crippen molar-refractivity contribution in [3.8, 4) is 0 Å². The van der Waals surface area contributed by atoms with E-state index in [-0.39, 0.29) is 11.8 Å². The Morgan fingerprint density at radius 2 is 2.00 bits per heavy atom. The number of hydrogen-bond acceptors (Lipinski definition) is 2. The van der Waals surface area contributed by atoms with Crippen LogP contribution >= 0.6 is 11.3 Å². The van der Waals surface area contributed by atoms with Gasteiger partial charge in [-0.25, -0.2) is 0 Å². The maximum absolute atomic E-state index is 13.4. The Kier molecular flexibility index (Phi) is 3.20. The number of aromatic nitrogens is 1. The maximum atomic E-state index is 13.4. The molecule has 2 atom stereocenters. The number of anilines is 1. The minimum absolute atomic E-state index is 0.0502. The predicted octanol–water partition coefficient (Wildman–Crippen LogP) is 3.44. The van der Waals surface area contributed by atoms with Gasteiger partial charge in [0.1, 0.15) is 0 Å². The van der Waals surface area contributed by atoms with Gasteiger partial charge in [-0.15, -0.1) is 11.3 Å². The molecule has 28 heavy (non-hydrogen) atoms. The molecule has 4 aromatic rings. The second-order valence-electron chi connectivity index (χ2n) is 7.73. The van der Waals surface area contributed by atoms with Gasteiger partial charge in [-0.3, -0.25) is 4.79 Å². The number of aryl methyl sites for hydroxylation is 1. The third-order valence-corrected chi connectivity index (χ3v) is 7.32. The monoisotopic (exact) mass is 386 g/mol. The predicted molar refractivity (Wildman–Crippen MR) is 112 cm³/mol. The van der Waals surface area contributed by atoms with Crippen molar-refractivity contribution in [3.63, 3.8) is 0 Å². The van der Waals surface area contributed by atoms with Crippen molar-refractivity contribution in [3.05, 3.63) is 87.2 Å². The summed E-state index contributed by atoms with van der Waals surface area (Å²) < 4.78 is 0. The zero-order valence-electron chi connectivity index (χ0n) is 15.5. The molecule has 2 aromatic heterocycles. The van der Waals surface area contributed by atoms with E-state index in [0.717, 1.165) is 34.6 Å². The minimum Gasteiger partial charge on any atom is -0.352 e. The number of amides is 1. The molecule has 0 bridgehead atoms. The topological polar surface area (TPSA) is 61.5 Å². The number of rotatable bonds is 1. The number of H-pyrrole nitrogens is 1. The summed E-state index contributed by atoms with van der Waals surface area (Å²) in [5, 5.41) is 8.76. The summed E-state index contributed by atoms with van der Waals surface area (Å²) in [6.45, 7) is 2.90. The third kappa shape index (κ3) is 1.90. The summed E-state index contributed by atoms with van der Waals surface area (Å²) >= 11 is 1.79. The van der Waals surface area contributed by atoms with E-state index in [9.17, 15) is 4.79 Å². The molecule has 0 saturated heterocycles. The highest BCUT2D eigenvalue weighted by Gasteiger charge is 2.58. The van der Waals surface area contributed by atoms with Crippen LogP contribution in [0.1, 0.15) is 33.2 Å². The van der Waals surface area contributed by atoms with E-state index < -0.39 is 5.54 Å². The van der Waals surface area contributed by atoms with Gasteiger partial charge in [0, 0.05) is 21.3 Å². The molecule has 0 aliphatic carbocycles. The Hall–Kier alpha value is -2.89. The van der Waals surface area contributed by atoms with Crippen LogP contribution in [-0.2, 0) is 10.3 Å². The van der Waals surface area contributed by atoms with Gasteiger partial charge < -0.3 is 15.6 Å². The summed E-state index contributed by atoms with van der Waals surface area (Å²) in [5.74, 6) is 0.327. The van der Waals surface area contributed by atoms with Crippen molar-refractivity contribution in [2.45, 2.75) is 18.4 Å². The largest absolute Gasteiger partial charge is 0.352 e. The Labute approximate surface area is 166 Å². The van der Waals surface area contributed by atoms with E-state index in [4.69, 9.17) is 0 Å². The second-order valence-corrected chi connectivity index (χ2v) is 8.71. The Bertz CT molecular complexity index is 1240. The van der Waals surface area contributed by atoms with E-state index >= 15 is 0 Å². The molecule has 2 aliphatic rings. The molecule has 0 saturated carbocycles. The fourth-order valence-electron chi connectivity index (χ4n) is 5.05. The zero-order valence-corrected chi connectivity index (χ0v) is 16.3. The lowest BCUT2D eigenvalue weighted by Crippen LogP contribution is -2.99. The van der Waals surface area contributed by atoms with Crippen LogP contribution < -0.4 is 10.6 Å². The highest BCUT2D eigenvalue weighted by molar-refractivity contribution is 7.10. The van der Waals surface area contributed by atoms with Gasteiger partial charge in [0.25, 0.3) is 5.91 Å². The number of para-hydroxylation sites is 2. The minimum atomic E-state index is -0.747. The average molecular weight is 387 g/mol. The number of hydrogen-bond donors (Lipinski definition) is 3. The molecule has 0 unspecified atom stereocenters. The maximum Gasteiger partial charge on any atom is 0.297 e. The van der Waals surface area contributed by atoms with E-state index in [1.54, 1.807) is 11.3 Å². The van der Waals surface area contributed by atoms with Gasteiger partial charge in [0.15, 0.2) is 0 Å². The second kappa shape index (κ2) is 5.56. The molecule has 0 radical (unpaired) electrons. The normalized spacial score (nSPS) is 23.0. The Morgan fingerprint density at radius 3 is 2.86 bits per heavy atom. The Morgan fingerprint density at radius 1 is 1.11 bits per heavy atom. The molecule has 4 nitrogen and oxygen atoms in total. The van der Waals surface area contributed by atoms with Crippen LogP contribution in [0.2, 0.25) is 0 Å². The van der Waals surface area contributed by atoms with Crippen LogP contribution in [0.25, 0.3) is 10.9 Å². The summed E-state index contributed by atoms with van der Waals surface area (Å²) in [5.41, 5.74) is 5.78. The Balaban J connectivity index is 1.69. The van der Waals surface area contributed by atoms with Gasteiger partial charge in [-0.1, -0.05) is 36.4 Å². The van der Waals surface area contributed by atoms with Crippen LogP contribution in [0.5, 0.6) is 0 Å². The van der Waals surface area contributed by atoms with Crippen LogP contribution in [-0.4, -0.2) is 17.4 Å². The van der Waals surface area contributed by atoms with E-state index in [2.05, 4.69) is 76.5 Å². The molecule has 1 amide bonds. The van der Waals surface area contributed by atoms with E-state index in [1.165, 1.54) is 15.8 Å². The number of carbonyl (C=O) groups excluding carboxylic acids is 1. The molecule has 4 heterocycles. The molecule has 6 rings (SSSR count). The molecule has 5 heteroatoms. The van der Waals surface area contributed by atoms with Crippen molar-refractivity contribution >= 4 is 33.8 Å². The van der Waals surface area contributed by atoms with E-state index in [1.807, 2.05) is 6.07 Å². The quantitative estimate of drug-likeness (QED) is 0.461. The average Bonchev–Trinajstić information content (AvgIpc) is 3.42. The number of nitrogens with two attached hydrogens (primary N) is 1. The van der Waals surface area contributed by atoms with Crippen LogP contribution in [0.15, 0.2) is 60.0 Å². The van der Waals surface area contributed by atoms with Gasteiger partial charge in [-0.05, 0) is 36.1 Å². The molecule has 0 fully saturated rings. The van der Waals surface area contributed by atoms with Crippen molar-refractivity contribution in [2.24, 2.45) is 0 Å². The highest BCUT2D eigenvalue weighted by Crippen LogP contribution is 2.47. The van der Waals surface area contributed by atoms with Gasteiger partial charge in [0.2, 0.25) is 5.54 Å². The summed E-state index contributed by atoms with van der Waals surface area (Å²) in [4.78, 5) is 18.4. The van der Waals surface area contributed by atoms with Crippen molar-refractivity contribution in [1.82, 2.24) is 4.98 Å². The van der Waals surface area contributed by atoms with Crippen molar-refractivity contribution < 1.29 is 10.1 Å². The first-order chi connectivity index (χ1) is 13.7. The number of thiophene rings is 1. The fraction of sp³-hybridized carbons (Fsp3) is 0.174. The number of aromatic amines is 1. The molecule has 2 aliphatic heterocycles. The number of benzene rings is 2. The SMILES string of the molecule is Cc1cccc2c1NC(=O)[C@]21[NH2+]C[C@H](c2cccs2)c2c1[nH]c1ccccc21. The van der Waals surface area contributed by atoms with E-state index in [0.29, 0.717) is 0 Å². The van der Waals surface area contributed by atoms with Crippen LogP contribution in [0.4, 0.5) is 5.69 Å². The van der Waals surface area contributed by atoms with Gasteiger partial charge in [0.05, 0.1) is 29.4 Å². The first-order valence-electron chi connectivity index (χ1n) is 9.60. The van der Waals surface area contributed by atoms with Crippen LogP contribution in [0.3, 0.4) is 0 Å². The first kappa shape index (κ1) is 16.1. The summed E-state index contributed by atoms with van der Waals surface area (Å²) in [7, 11) is 0. The van der Waals surface area contributed by atoms with Crippen molar-refractivity contribution in [1.29, 1.82) is 0 Å². The lowest BCUT2D eigenvalue weighted by atomic mass is 9.77. The molecule has 2 aromatic carbocycles. The summed E-state index contributed by atoms with van der Waals surface area (Å²) in [6.07, 6.45) is 0. The number of carbonyl (C=O) groups is 1. The molecule has 1 spiro atoms. The molecule has 4 N–H and O–H groups in total. The van der Waals surface area contributed by atoms with Crippen molar-refractivity contribution in [2.75, 3.05) is 11.9 Å². The smallest absolute Gasteiger partial charge is 0.297 e. The molecule has 138 valence electrons. The highest BCUT2D eigenvalue weighted by atomic mass is 32.1. The number of fused-ring (bicyclic) bond motifs is 6. The summed E-state index contributed by atoms with van der Waals surface area (Å²) in [6, 6.07) is 18.9. The van der Waals surface area contributed by atoms with Gasteiger partial charge >= 0.3 is 0 Å². The molecular formula is C23H20N3OS+. The zero-order chi connectivity index (χ0) is 18.9. The standard InChI is InChI=1S/C23H19N3OS/c1-13-6-4-8-16-20(13)26-22(27)23(16)21-19(14-7-2-3-9-17(14)25-21)15(12-24-23)18-10-5-11-28-18/h2-11,15,24-25H,12H2,1H3,(H,26,27)/p+1/t15-,23+/m1/s1. The molecular weight excluding hydrogens is 366 g/mol. The third-order valence-electron chi connectivity index (χ3n) is 6.33. The lowest BCUT2D eigenvalue weighted by Gasteiger charge is -2.33.